The Morgan fingerprint density at radius 3 is 2.67 bits per heavy atom. The van der Waals surface area contributed by atoms with E-state index in [1.807, 2.05) is 31.2 Å². The molecule has 0 spiro atoms. The highest BCUT2D eigenvalue weighted by Crippen LogP contribution is 2.31. The van der Waals surface area contributed by atoms with Crippen molar-refractivity contribution in [1.82, 2.24) is 15.2 Å². The standard InChI is InChI=1S/C27H30ClFN4O2S/c1-2-35-25-19-21(29)8-11-24(25)33-17-15-32(16-18-33)14-4-13-30-26(34)23-5-3-12-31-27(23)36-22-9-6-20(28)7-10-22/h3,5-12,19H,2,4,13-18H2,1H3,(H,30,34). The van der Waals surface area contributed by atoms with Gasteiger partial charge in [-0.3, -0.25) is 9.69 Å². The Kier molecular flexibility index (Phi) is 9.44. The maximum absolute atomic E-state index is 13.6. The van der Waals surface area contributed by atoms with Gasteiger partial charge < -0.3 is 15.0 Å². The molecular formula is C27H30ClFN4O2S. The molecule has 0 radical (unpaired) electrons. The lowest BCUT2D eigenvalue weighted by Crippen LogP contribution is -2.47. The summed E-state index contributed by atoms with van der Waals surface area (Å²) >= 11 is 7.41. The molecule has 1 N–H and O–H groups in total. The van der Waals surface area contributed by atoms with E-state index in [0.717, 1.165) is 49.7 Å². The summed E-state index contributed by atoms with van der Waals surface area (Å²) in [7, 11) is 0. The number of hydrogen-bond acceptors (Lipinski definition) is 6. The van der Waals surface area contributed by atoms with Gasteiger partial charge in [0.25, 0.3) is 5.91 Å². The van der Waals surface area contributed by atoms with Crippen LogP contribution in [0.25, 0.3) is 0 Å². The number of halogens is 2. The summed E-state index contributed by atoms with van der Waals surface area (Å²) in [5.74, 6) is 0.187. The van der Waals surface area contributed by atoms with Gasteiger partial charge in [-0.15, -0.1) is 0 Å². The van der Waals surface area contributed by atoms with Gasteiger partial charge in [0.2, 0.25) is 0 Å². The van der Waals surface area contributed by atoms with E-state index in [1.165, 1.54) is 23.9 Å². The minimum atomic E-state index is -0.287. The molecule has 0 unspecified atom stereocenters. The van der Waals surface area contributed by atoms with E-state index in [1.54, 1.807) is 24.4 Å². The largest absolute Gasteiger partial charge is 0.492 e. The van der Waals surface area contributed by atoms with Crippen molar-refractivity contribution in [1.29, 1.82) is 0 Å². The third-order valence-corrected chi connectivity index (χ3v) is 7.19. The quantitative estimate of drug-likeness (QED) is 0.357. The van der Waals surface area contributed by atoms with Crippen LogP contribution in [-0.2, 0) is 0 Å². The number of carbonyl (C=O) groups is 1. The zero-order chi connectivity index (χ0) is 25.3. The molecule has 1 aliphatic rings. The lowest BCUT2D eigenvalue weighted by atomic mass is 10.2. The van der Waals surface area contributed by atoms with Crippen LogP contribution < -0.4 is 15.0 Å². The summed E-state index contributed by atoms with van der Waals surface area (Å²) in [6.07, 6.45) is 2.55. The summed E-state index contributed by atoms with van der Waals surface area (Å²) in [6, 6.07) is 15.8. The third-order valence-electron chi connectivity index (χ3n) is 5.92. The number of piperazine rings is 1. The maximum atomic E-state index is 13.6. The lowest BCUT2D eigenvalue weighted by Gasteiger charge is -2.36. The normalized spacial score (nSPS) is 14.0. The number of nitrogens with one attached hydrogen (secondary N) is 1. The van der Waals surface area contributed by atoms with E-state index in [4.69, 9.17) is 16.3 Å². The van der Waals surface area contributed by atoms with E-state index in [-0.39, 0.29) is 11.7 Å². The molecule has 1 aromatic heterocycles. The molecule has 0 atom stereocenters. The predicted octanol–water partition coefficient (Wildman–Crippen LogP) is 5.37. The summed E-state index contributed by atoms with van der Waals surface area (Å²) < 4.78 is 19.3. The molecule has 9 heteroatoms. The molecule has 0 saturated carbocycles. The number of anilines is 1. The van der Waals surface area contributed by atoms with Crippen molar-refractivity contribution in [2.24, 2.45) is 0 Å². The number of hydrogen-bond donors (Lipinski definition) is 1. The van der Waals surface area contributed by atoms with Crippen LogP contribution in [0.2, 0.25) is 5.02 Å². The van der Waals surface area contributed by atoms with Crippen molar-refractivity contribution in [3.05, 3.63) is 77.2 Å². The number of amides is 1. The van der Waals surface area contributed by atoms with E-state index in [0.29, 0.717) is 34.5 Å². The van der Waals surface area contributed by atoms with E-state index < -0.39 is 0 Å². The number of rotatable bonds is 10. The Morgan fingerprint density at radius 1 is 1.14 bits per heavy atom. The van der Waals surface area contributed by atoms with E-state index in [2.05, 4.69) is 20.1 Å². The molecule has 6 nitrogen and oxygen atoms in total. The fourth-order valence-corrected chi connectivity index (χ4v) is 5.10. The molecule has 0 aliphatic carbocycles. The molecule has 1 amide bonds. The van der Waals surface area contributed by atoms with Crippen LogP contribution in [0.3, 0.4) is 0 Å². The van der Waals surface area contributed by atoms with Gasteiger partial charge in [0, 0.05) is 54.9 Å². The average molecular weight is 529 g/mol. The highest BCUT2D eigenvalue weighted by Gasteiger charge is 2.20. The topological polar surface area (TPSA) is 57.7 Å². The second kappa shape index (κ2) is 12.9. The van der Waals surface area contributed by atoms with Crippen LogP contribution in [0, 0.1) is 5.82 Å². The number of aromatic nitrogens is 1. The number of benzene rings is 2. The Labute approximate surface area is 220 Å². The Morgan fingerprint density at radius 2 is 1.92 bits per heavy atom. The van der Waals surface area contributed by atoms with Crippen molar-refractivity contribution >= 4 is 35.0 Å². The van der Waals surface area contributed by atoms with Crippen LogP contribution in [0.4, 0.5) is 10.1 Å². The summed E-state index contributed by atoms with van der Waals surface area (Å²) in [6.45, 7) is 7.39. The summed E-state index contributed by atoms with van der Waals surface area (Å²) in [4.78, 5) is 22.8. The maximum Gasteiger partial charge on any atom is 0.254 e. The van der Waals surface area contributed by atoms with Crippen LogP contribution in [0.5, 0.6) is 5.75 Å². The Balaban J connectivity index is 1.22. The van der Waals surface area contributed by atoms with Crippen LogP contribution in [-0.4, -0.2) is 61.7 Å². The highest BCUT2D eigenvalue weighted by atomic mass is 35.5. The van der Waals surface area contributed by atoms with Gasteiger partial charge in [-0.25, -0.2) is 9.37 Å². The van der Waals surface area contributed by atoms with Gasteiger partial charge in [0.05, 0.1) is 17.9 Å². The fraction of sp³-hybridized carbons (Fsp3) is 0.333. The number of carbonyl (C=O) groups excluding carboxylic acids is 1. The first-order chi connectivity index (χ1) is 17.5. The third kappa shape index (κ3) is 7.12. The molecule has 2 heterocycles. The van der Waals surface area contributed by atoms with Gasteiger partial charge in [-0.1, -0.05) is 23.4 Å². The van der Waals surface area contributed by atoms with Crippen molar-refractivity contribution in [3.8, 4) is 5.75 Å². The zero-order valence-electron chi connectivity index (χ0n) is 20.3. The lowest BCUT2D eigenvalue weighted by molar-refractivity contribution is 0.0948. The molecular weight excluding hydrogens is 499 g/mol. The fourth-order valence-electron chi connectivity index (χ4n) is 4.09. The zero-order valence-corrected chi connectivity index (χ0v) is 21.8. The molecule has 1 aliphatic heterocycles. The van der Waals surface area contributed by atoms with Crippen LogP contribution >= 0.6 is 23.4 Å². The molecule has 4 rings (SSSR count). The molecule has 36 heavy (non-hydrogen) atoms. The minimum absolute atomic E-state index is 0.121. The molecule has 3 aromatic rings. The van der Waals surface area contributed by atoms with Crippen LogP contribution in [0.1, 0.15) is 23.7 Å². The second-order valence-electron chi connectivity index (χ2n) is 8.40. The SMILES string of the molecule is CCOc1cc(F)ccc1N1CCN(CCCNC(=O)c2cccnc2Sc2ccc(Cl)cc2)CC1. The predicted molar refractivity (Wildman–Crippen MR) is 143 cm³/mol. The Hall–Kier alpha value is -2.81. The first-order valence-corrected chi connectivity index (χ1v) is 13.3. The van der Waals surface area contributed by atoms with Gasteiger partial charge in [-0.05, 0) is 68.4 Å². The first-order valence-electron chi connectivity index (χ1n) is 12.1. The monoisotopic (exact) mass is 528 g/mol. The molecule has 1 fully saturated rings. The second-order valence-corrected chi connectivity index (χ2v) is 9.89. The van der Waals surface area contributed by atoms with Gasteiger partial charge in [0.15, 0.2) is 0 Å². The van der Waals surface area contributed by atoms with Crippen molar-refractivity contribution in [2.45, 2.75) is 23.3 Å². The molecule has 2 aromatic carbocycles. The molecule has 190 valence electrons. The average Bonchev–Trinajstić information content (AvgIpc) is 2.89. The van der Waals surface area contributed by atoms with Gasteiger partial charge in [-0.2, -0.15) is 0 Å². The number of ether oxygens (including phenoxy) is 1. The van der Waals surface area contributed by atoms with Crippen LogP contribution in [0.15, 0.2) is 70.7 Å². The highest BCUT2D eigenvalue weighted by molar-refractivity contribution is 7.99. The summed E-state index contributed by atoms with van der Waals surface area (Å²) in [5, 5.41) is 4.37. The Bertz CT molecular complexity index is 1160. The smallest absolute Gasteiger partial charge is 0.254 e. The first kappa shape index (κ1) is 26.3. The van der Waals surface area contributed by atoms with E-state index >= 15 is 0 Å². The van der Waals surface area contributed by atoms with Crippen molar-refractivity contribution < 1.29 is 13.9 Å². The summed E-state index contributed by atoms with van der Waals surface area (Å²) in [5.41, 5.74) is 1.50. The molecule has 0 bridgehead atoms. The van der Waals surface area contributed by atoms with Crippen molar-refractivity contribution in [2.75, 3.05) is 50.8 Å². The number of nitrogens with zero attached hydrogens (tertiary/aromatic N) is 3. The van der Waals surface area contributed by atoms with E-state index in [9.17, 15) is 9.18 Å². The number of pyridine rings is 1. The van der Waals surface area contributed by atoms with Gasteiger partial charge in [0.1, 0.15) is 16.6 Å². The van der Waals surface area contributed by atoms with Gasteiger partial charge >= 0.3 is 0 Å². The minimum Gasteiger partial charge on any atom is -0.492 e. The molecule has 1 saturated heterocycles. The van der Waals surface area contributed by atoms with Crippen molar-refractivity contribution in [3.63, 3.8) is 0 Å².